The maximum Gasteiger partial charge on any atom is 0.271 e. The highest BCUT2D eigenvalue weighted by atomic mass is 16.2. The van der Waals surface area contributed by atoms with Crippen molar-refractivity contribution in [3.8, 4) is 0 Å². The van der Waals surface area contributed by atoms with E-state index in [0.29, 0.717) is 64.5 Å². The first-order chi connectivity index (χ1) is 39.3. The lowest BCUT2D eigenvalue weighted by Crippen LogP contribution is -2.55. The summed E-state index contributed by atoms with van der Waals surface area (Å²) in [6, 6.07) is 34.7. The van der Waals surface area contributed by atoms with Crippen LogP contribution in [-0.2, 0) is 28.8 Å². The second-order valence-electron chi connectivity index (χ2n) is 20.7. The molecule has 1 aromatic heterocycles. The fraction of sp³-hybridized carbons (Fsp3) is 0.426. The summed E-state index contributed by atoms with van der Waals surface area (Å²) in [5.74, 6) is -2.97. The molecule has 2 aliphatic heterocycles. The van der Waals surface area contributed by atoms with Gasteiger partial charge in [-0.1, -0.05) is 121 Å². The number of nitrogens with zero attached hydrogens (tertiary/aromatic N) is 3. The van der Waals surface area contributed by atoms with E-state index in [4.69, 9.17) is 0 Å². The predicted octanol–water partition coefficient (Wildman–Crippen LogP) is 4.19. The van der Waals surface area contributed by atoms with Crippen molar-refractivity contribution in [2.24, 2.45) is 0 Å². The minimum Gasteiger partial charge on any atom is -0.351 e. The Morgan fingerprint density at radius 3 is 1.26 bits per heavy atom. The number of rotatable bonds is 28. The molecule has 81 heavy (non-hydrogen) atoms. The molecule has 0 unspecified atom stereocenters. The van der Waals surface area contributed by atoms with E-state index in [0.717, 1.165) is 22.3 Å². The highest BCUT2D eigenvalue weighted by Gasteiger charge is 2.40. The number of carbonyl (C=O) groups is 8. The molecule has 0 aliphatic carbocycles. The van der Waals surface area contributed by atoms with Crippen molar-refractivity contribution in [3.63, 3.8) is 0 Å². The Balaban J connectivity index is 0.872. The SMILES string of the molecule is CN[C@@H](C)C(=O)N[C@@H](CCCCNC(=O)c1cc(C(=O)NCCCC[C@H](NC(=O)[C@H](C)NC)C(=O)N2CCC[C@H]2C(=O)NC(c2ccccc2)c2ccccc2)[nH]n1)C(=O)N1CCC[C@H]1C(=O)NC(c1ccccc1)c1ccccc1. The molecule has 6 atom stereocenters. The predicted molar refractivity (Wildman–Crippen MR) is 307 cm³/mol. The first-order valence-corrected chi connectivity index (χ1v) is 28.3. The van der Waals surface area contributed by atoms with Crippen LogP contribution in [0.1, 0.15) is 133 Å². The number of hydrogen-bond acceptors (Lipinski definition) is 11. The zero-order chi connectivity index (χ0) is 57.7. The molecular formula is C61H78N12O8. The Morgan fingerprint density at radius 2 is 0.889 bits per heavy atom. The average molecular weight is 1110 g/mol. The summed E-state index contributed by atoms with van der Waals surface area (Å²) in [4.78, 5) is 112. The van der Waals surface area contributed by atoms with Crippen molar-refractivity contribution in [2.45, 2.75) is 126 Å². The molecule has 9 N–H and O–H groups in total. The normalized spacial score (nSPS) is 16.5. The number of nitrogens with one attached hydrogen (secondary N) is 9. The van der Waals surface area contributed by atoms with Crippen LogP contribution < -0.4 is 42.5 Å². The highest BCUT2D eigenvalue weighted by molar-refractivity contribution is 5.98. The molecule has 20 heteroatoms. The maximum atomic E-state index is 14.3. The molecule has 5 aromatic rings. The molecule has 2 fully saturated rings. The number of aromatic nitrogens is 2. The van der Waals surface area contributed by atoms with E-state index in [-0.39, 0.29) is 72.8 Å². The number of likely N-dealkylation sites (N-methyl/N-ethyl adjacent to an activating group) is 2. The molecule has 3 heterocycles. The Bertz CT molecular complexity index is 2600. The van der Waals surface area contributed by atoms with Gasteiger partial charge in [0, 0.05) is 32.2 Å². The fourth-order valence-corrected chi connectivity index (χ4v) is 10.2. The van der Waals surface area contributed by atoms with Crippen molar-refractivity contribution < 1.29 is 38.4 Å². The number of benzene rings is 4. The van der Waals surface area contributed by atoms with Crippen LogP contribution in [0.3, 0.4) is 0 Å². The molecule has 0 bridgehead atoms. The van der Waals surface area contributed by atoms with Crippen LogP contribution >= 0.6 is 0 Å². The van der Waals surface area contributed by atoms with Crippen LogP contribution in [0, 0.1) is 0 Å². The van der Waals surface area contributed by atoms with Crippen molar-refractivity contribution in [2.75, 3.05) is 40.3 Å². The molecule has 0 saturated carbocycles. The van der Waals surface area contributed by atoms with E-state index in [9.17, 15) is 38.4 Å². The third-order valence-corrected chi connectivity index (χ3v) is 15.1. The number of likely N-dealkylation sites (tertiary alicyclic amines) is 2. The van der Waals surface area contributed by atoms with E-state index < -0.39 is 60.1 Å². The molecular weight excluding hydrogens is 1030 g/mol. The number of unbranched alkanes of at least 4 members (excludes halogenated alkanes) is 2. The average Bonchev–Trinajstić information content (AvgIpc) is 4.46. The van der Waals surface area contributed by atoms with Crippen molar-refractivity contribution in [1.82, 2.24) is 62.5 Å². The first-order valence-electron chi connectivity index (χ1n) is 28.3. The molecule has 20 nitrogen and oxygen atoms in total. The highest BCUT2D eigenvalue weighted by Crippen LogP contribution is 2.27. The first kappa shape index (κ1) is 60.4. The van der Waals surface area contributed by atoms with E-state index in [1.807, 2.05) is 121 Å². The fourth-order valence-electron chi connectivity index (χ4n) is 10.2. The molecule has 8 amide bonds. The molecule has 2 saturated heterocycles. The largest absolute Gasteiger partial charge is 0.351 e. The van der Waals surface area contributed by atoms with Crippen molar-refractivity contribution in [3.05, 3.63) is 161 Å². The Labute approximate surface area is 474 Å². The van der Waals surface area contributed by atoms with Gasteiger partial charge in [0.05, 0.1) is 24.2 Å². The van der Waals surface area contributed by atoms with E-state index >= 15 is 0 Å². The summed E-state index contributed by atoms with van der Waals surface area (Å²) < 4.78 is 0. The molecule has 430 valence electrons. The smallest absolute Gasteiger partial charge is 0.271 e. The van der Waals surface area contributed by atoms with Crippen molar-refractivity contribution in [1.29, 1.82) is 0 Å². The summed E-state index contributed by atoms with van der Waals surface area (Å²) in [5, 5.41) is 30.3. The Kier molecular flexibility index (Phi) is 22.7. The van der Waals surface area contributed by atoms with Crippen LogP contribution in [0.15, 0.2) is 127 Å². The van der Waals surface area contributed by atoms with Gasteiger partial charge >= 0.3 is 0 Å². The molecule has 4 aromatic carbocycles. The van der Waals surface area contributed by atoms with Gasteiger partial charge in [-0.15, -0.1) is 0 Å². The second kappa shape index (κ2) is 30.4. The van der Waals surface area contributed by atoms with Crippen LogP contribution in [0.25, 0.3) is 0 Å². The number of H-pyrrole nitrogens is 1. The van der Waals surface area contributed by atoms with Gasteiger partial charge in [-0.2, -0.15) is 5.10 Å². The Morgan fingerprint density at radius 1 is 0.519 bits per heavy atom. The quantitative estimate of drug-likeness (QED) is 0.0321. The van der Waals surface area contributed by atoms with Gasteiger partial charge in [-0.05, 0) is 114 Å². The minimum absolute atomic E-state index is 0.000848. The van der Waals surface area contributed by atoms with Gasteiger partial charge in [0.25, 0.3) is 11.8 Å². The van der Waals surface area contributed by atoms with Gasteiger partial charge < -0.3 is 52.3 Å². The zero-order valence-electron chi connectivity index (χ0n) is 46.8. The van der Waals surface area contributed by atoms with Gasteiger partial charge in [0.2, 0.25) is 35.4 Å². The lowest BCUT2D eigenvalue weighted by molar-refractivity contribution is -0.142. The van der Waals surface area contributed by atoms with Gasteiger partial charge in [-0.3, -0.25) is 43.5 Å². The summed E-state index contributed by atoms with van der Waals surface area (Å²) in [6.45, 7) is 4.56. The minimum atomic E-state index is -0.914. The molecule has 0 radical (unpaired) electrons. The lowest BCUT2D eigenvalue weighted by Gasteiger charge is -2.30. The monoisotopic (exact) mass is 1110 g/mol. The van der Waals surface area contributed by atoms with Gasteiger partial charge in [-0.25, -0.2) is 0 Å². The zero-order valence-corrected chi connectivity index (χ0v) is 46.8. The Hall–Kier alpha value is -8.23. The number of aromatic amines is 1. The number of hydrogen-bond donors (Lipinski definition) is 9. The van der Waals surface area contributed by atoms with Crippen LogP contribution in [0.2, 0.25) is 0 Å². The third-order valence-electron chi connectivity index (χ3n) is 15.1. The topological polar surface area (TPSA) is 268 Å². The standard InChI is InChI=1S/C61H78N12O8/c1-40(62-3)54(74)66-46(60(80)72-37-21-33-50(72)58(78)68-52(42-23-9-5-10-24-42)43-25-11-6-12-26-43)31-17-19-35-64-56(76)48-39-49(71-70-48)57(77)65-36-20-18-32-47(67-55(75)41(2)63-4)61(81)73-38-22-34-51(73)59(79)69-53(44-27-13-7-14-28-44)45-29-15-8-16-30-45/h5-16,23-30,39-41,46-47,50-53,62-63H,17-22,31-38H2,1-4H3,(H,64,76)(H,65,77)(H,66,74)(H,67,75)(H,68,78)(H,69,79)(H,70,71)/t40-,41-,46-,47-,50-,51-/m0/s1. The summed E-state index contributed by atoms with van der Waals surface area (Å²) in [7, 11) is 3.31. The molecule has 2 aliphatic rings. The van der Waals surface area contributed by atoms with E-state index in [1.165, 1.54) is 6.07 Å². The van der Waals surface area contributed by atoms with E-state index in [2.05, 4.69) is 52.7 Å². The van der Waals surface area contributed by atoms with Gasteiger partial charge in [0.1, 0.15) is 29.9 Å². The molecule has 0 spiro atoms. The number of amides is 8. The number of carbonyl (C=O) groups excluding carboxylic acids is 8. The second-order valence-corrected chi connectivity index (χ2v) is 20.7. The van der Waals surface area contributed by atoms with Gasteiger partial charge in [0.15, 0.2) is 5.69 Å². The van der Waals surface area contributed by atoms with Crippen LogP contribution in [0.4, 0.5) is 0 Å². The summed E-state index contributed by atoms with van der Waals surface area (Å²) >= 11 is 0. The third kappa shape index (κ3) is 16.7. The van der Waals surface area contributed by atoms with Crippen LogP contribution in [-0.4, -0.2) is 144 Å². The molecule has 7 rings (SSSR count). The van der Waals surface area contributed by atoms with Crippen molar-refractivity contribution >= 4 is 47.3 Å². The summed E-state index contributed by atoms with van der Waals surface area (Å²) in [5.41, 5.74) is 3.69. The lowest BCUT2D eigenvalue weighted by atomic mass is 9.98. The van der Waals surface area contributed by atoms with E-state index in [1.54, 1.807) is 37.7 Å². The maximum absolute atomic E-state index is 14.3. The summed E-state index contributed by atoms with van der Waals surface area (Å²) in [6.07, 6.45) is 4.53. The van der Waals surface area contributed by atoms with Crippen LogP contribution in [0.5, 0.6) is 0 Å².